The Balaban J connectivity index is 0.000000158. The maximum Gasteiger partial charge on any atom is 0.337 e. The third kappa shape index (κ3) is 9.77. The molecular formula is C46H50Cl2N8O8. The van der Waals surface area contributed by atoms with Gasteiger partial charge in [0.2, 0.25) is 29.4 Å². The van der Waals surface area contributed by atoms with Crippen LogP contribution in [0.25, 0.3) is 22.8 Å². The molecule has 4 N–H and O–H groups in total. The van der Waals surface area contributed by atoms with Crippen LogP contribution in [0.1, 0.15) is 93.3 Å². The predicted octanol–water partition coefficient (Wildman–Crippen LogP) is 8.89. The van der Waals surface area contributed by atoms with Gasteiger partial charge in [0.05, 0.1) is 23.3 Å². The number of nitrogens with two attached hydrogens (primary N) is 1. The normalized spacial score (nSPS) is 19.8. The number of fused-ring (bicyclic) bond motifs is 4. The molecule has 3 aromatic heterocycles. The van der Waals surface area contributed by atoms with E-state index in [0.29, 0.717) is 45.8 Å². The van der Waals surface area contributed by atoms with E-state index in [1.807, 2.05) is 81.7 Å². The van der Waals surface area contributed by atoms with Crippen LogP contribution in [0, 0.1) is 25.7 Å². The van der Waals surface area contributed by atoms with Crippen molar-refractivity contribution in [3.05, 3.63) is 93.2 Å². The summed E-state index contributed by atoms with van der Waals surface area (Å²) >= 11 is 12.0. The van der Waals surface area contributed by atoms with Gasteiger partial charge in [-0.15, -0.1) is 0 Å². The Bertz CT molecular complexity index is 2600. The minimum absolute atomic E-state index is 0.0252. The standard InChI is InChI=1S/C23H23ClN4O3.C14H17N3O2.C9H10ClNO3/c1-12(2)30-22-19(24)10-15(11-25-22)21-26-20(27-31-21)18-7-6-16(8-13(18)3)28-17-5-4-14(9-17)23(28)29;1-8-6-10(4-5-12(8)13(15)16-19)17-11-3-2-9(7-11)14(17)18;1-5(2)14-8-7(10)3-6(4-11-8)9(12)13/h6-8,10-12,14,17H,4-5,9H2,1-3H3;4-6,9,11,19H,2-3,7H2,1H3,(H2,15,16);3-5H,1-2H3,(H,12,13)/t14-,17+;9-,11+;/m11./s1. The van der Waals surface area contributed by atoms with E-state index in [4.69, 9.17) is 53.2 Å². The Labute approximate surface area is 380 Å². The van der Waals surface area contributed by atoms with Gasteiger partial charge in [-0.3, -0.25) is 9.59 Å². The Morgan fingerprint density at radius 3 is 1.83 bits per heavy atom. The van der Waals surface area contributed by atoms with E-state index in [1.165, 1.54) is 12.3 Å². The van der Waals surface area contributed by atoms with Crippen LogP contribution < -0.4 is 25.0 Å². The third-order valence-corrected chi connectivity index (χ3v) is 12.1. The van der Waals surface area contributed by atoms with E-state index < -0.39 is 5.97 Å². The SMILES string of the molecule is CC(C)Oc1ncc(C(=O)O)cc1Cl.Cc1cc(N2C(=O)[C@@H]3CC[C@H]2C3)ccc1-c1noc(-c2cnc(OC(C)C)c(Cl)c2)n1.Cc1cc(N2C(=O)[C@@H]3CC[C@H]2C3)ccc1/C(N)=N/O. The number of amidine groups is 1. The molecule has 2 amide bonds. The molecular weight excluding hydrogens is 863 g/mol. The van der Waals surface area contributed by atoms with Gasteiger partial charge >= 0.3 is 5.97 Å². The summed E-state index contributed by atoms with van der Waals surface area (Å²) in [5.41, 5.74) is 11.6. The van der Waals surface area contributed by atoms with Crippen molar-refractivity contribution in [2.75, 3.05) is 9.80 Å². The second-order valence-electron chi connectivity index (χ2n) is 16.8. The van der Waals surface area contributed by atoms with Crippen LogP contribution >= 0.6 is 23.2 Å². The number of halogens is 2. The quantitative estimate of drug-likeness (QED) is 0.0516. The van der Waals surface area contributed by atoms with Gasteiger partial charge in [-0.1, -0.05) is 33.5 Å². The van der Waals surface area contributed by atoms with Gasteiger partial charge in [-0.05, 0) is 140 Å². The van der Waals surface area contributed by atoms with Gasteiger partial charge in [0.25, 0.3) is 5.89 Å². The molecule has 2 saturated carbocycles. The zero-order chi connectivity index (χ0) is 46.0. The van der Waals surface area contributed by atoms with Crippen molar-refractivity contribution in [1.29, 1.82) is 0 Å². The van der Waals surface area contributed by atoms with Crippen LogP contribution in [-0.4, -0.2) is 78.3 Å². The molecule has 64 heavy (non-hydrogen) atoms. The number of carbonyl (C=O) groups is 3. The van der Waals surface area contributed by atoms with Gasteiger partial charge in [-0.25, -0.2) is 14.8 Å². The molecule has 5 aromatic rings. The predicted molar refractivity (Wildman–Crippen MR) is 241 cm³/mol. The first-order valence-electron chi connectivity index (χ1n) is 21.1. The fraction of sp³-hybridized carbons (Fsp3) is 0.391. The molecule has 18 heteroatoms. The number of amides is 2. The Kier molecular flexibility index (Phi) is 13.7. The number of aromatic nitrogens is 4. The maximum absolute atomic E-state index is 12.6. The van der Waals surface area contributed by atoms with Crippen molar-refractivity contribution in [3.63, 3.8) is 0 Å². The molecule has 4 fully saturated rings. The largest absolute Gasteiger partial charge is 0.478 e. The number of benzene rings is 2. The number of aryl methyl sites for hydroxylation is 2. The summed E-state index contributed by atoms with van der Waals surface area (Å²) in [4.78, 5) is 51.8. The summed E-state index contributed by atoms with van der Waals surface area (Å²) in [6.07, 6.45) is 8.94. The molecule has 0 radical (unpaired) electrons. The van der Waals surface area contributed by atoms with E-state index in [2.05, 4.69) is 25.3 Å². The van der Waals surface area contributed by atoms with Crippen LogP contribution in [0.5, 0.6) is 11.8 Å². The Morgan fingerprint density at radius 1 is 0.812 bits per heavy atom. The average Bonchev–Trinajstić information content (AvgIpc) is 4.11. The van der Waals surface area contributed by atoms with E-state index in [9.17, 15) is 14.4 Å². The number of carbonyl (C=O) groups excluding carboxylic acids is 2. The number of carboxylic acids is 1. The van der Waals surface area contributed by atoms with Crippen LogP contribution in [0.2, 0.25) is 10.0 Å². The van der Waals surface area contributed by atoms with Crippen molar-refractivity contribution in [2.24, 2.45) is 22.7 Å². The van der Waals surface area contributed by atoms with Crippen molar-refractivity contribution in [2.45, 2.75) is 104 Å². The van der Waals surface area contributed by atoms with E-state index in [-0.39, 0.29) is 58.2 Å². The number of hydrogen-bond donors (Lipinski definition) is 3. The van der Waals surface area contributed by atoms with Gasteiger partial charge in [0, 0.05) is 58.8 Å². The highest BCUT2D eigenvalue weighted by Crippen LogP contribution is 2.43. The molecule has 4 bridgehead atoms. The summed E-state index contributed by atoms with van der Waals surface area (Å²) in [6, 6.07) is 15.3. The fourth-order valence-corrected chi connectivity index (χ4v) is 9.03. The number of pyridine rings is 2. The molecule has 2 saturated heterocycles. The first-order valence-corrected chi connectivity index (χ1v) is 21.9. The molecule has 16 nitrogen and oxygen atoms in total. The van der Waals surface area contributed by atoms with Gasteiger partial charge in [0.1, 0.15) is 10.0 Å². The van der Waals surface area contributed by atoms with Crippen molar-refractivity contribution >= 4 is 58.2 Å². The molecule has 9 rings (SSSR count). The minimum Gasteiger partial charge on any atom is -0.478 e. The van der Waals surface area contributed by atoms with Crippen LogP contribution in [0.3, 0.4) is 0 Å². The summed E-state index contributed by atoms with van der Waals surface area (Å²) in [7, 11) is 0. The molecule has 2 aliphatic heterocycles. The van der Waals surface area contributed by atoms with E-state index >= 15 is 0 Å². The summed E-state index contributed by atoms with van der Waals surface area (Å²) in [6.45, 7) is 11.4. The molecule has 4 atom stereocenters. The number of ether oxygens (including phenoxy) is 2. The van der Waals surface area contributed by atoms with Crippen LogP contribution in [0.15, 0.2) is 70.6 Å². The van der Waals surface area contributed by atoms with Crippen molar-refractivity contribution in [3.8, 4) is 34.6 Å². The lowest BCUT2D eigenvalue weighted by Crippen LogP contribution is -2.37. The first kappa shape index (κ1) is 45.8. The molecule has 336 valence electrons. The monoisotopic (exact) mass is 912 g/mol. The van der Waals surface area contributed by atoms with Crippen molar-refractivity contribution in [1.82, 2.24) is 20.1 Å². The van der Waals surface area contributed by atoms with Crippen LogP contribution in [-0.2, 0) is 9.59 Å². The van der Waals surface area contributed by atoms with Gasteiger partial charge < -0.3 is 39.8 Å². The van der Waals surface area contributed by atoms with E-state index in [0.717, 1.165) is 66.6 Å². The topological polar surface area (TPSA) is 220 Å². The summed E-state index contributed by atoms with van der Waals surface area (Å²) in [5.74, 6) is 1.38. The number of aromatic carboxylic acids is 1. The Hall–Kier alpha value is -6.26. The third-order valence-electron chi connectivity index (χ3n) is 11.5. The number of anilines is 2. The highest BCUT2D eigenvalue weighted by Gasteiger charge is 2.46. The van der Waals surface area contributed by atoms with Crippen LogP contribution in [0.4, 0.5) is 11.4 Å². The van der Waals surface area contributed by atoms with Gasteiger partial charge in [-0.2, -0.15) is 4.98 Å². The minimum atomic E-state index is -1.06. The molecule has 0 spiro atoms. The number of piperidine rings is 2. The lowest BCUT2D eigenvalue weighted by atomic mass is 10.0. The second-order valence-corrected chi connectivity index (χ2v) is 17.6. The summed E-state index contributed by atoms with van der Waals surface area (Å²) < 4.78 is 16.3. The smallest absolute Gasteiger partial charge is 0.337 e. The number of hydrogen-bond acceptors (Lipinski definition) is 12. The zero-order valence-electron chi connectivity index (χ0n) is 36.3. The highest BCUT2D eigenvalue weighted by atomic mass is 35.5. The molecule has 2 aliphatic carbocycles. The second kappa shape index (κ2) is 19.2. The lowest BCUT2D eigenvalue weighted by molar-refractivity contribution is -0.121. The average molecular weight is 914 g/mol. The maximum atomic E-state index is 12.6. The number of nitrogens with zero attached hydrogens (tertiary/aromatic N) is 7. The zero-order valence-corrected chi connectivity index (χ0v) is 37.8. The number of carboxylic acid groups (broad SMARTS) is 1. The van der Waals surface area contributed by atoms with Crippen molar-refractivity contribution < 1.29 is 38.7 Å². The highest BCUT2D eigenvalue weighted by molar-refractivity contribution is 6.32. The molecule has 2 aromatic carbocycles. The first-order chi connectivity index (χ1) is 30.5. The van der Waals surface area contributed by atoms with E-state index in [1.54, 1.807) is 18.3 Å². The molecule has 0 unspecified atom stereocenters. The number of oxime groups is 1. The lowest BCUT2D eigenvalue weighted by Gasteiger charge is -2.27. The molecule has 5 heterocycles. The van der Waals surface area contributed by atoms with Gasteiger partial charge in [0.15, 0.2) is 5.84 Å². The molecule has 4 aliphatic rings. The Morgan fingerprint density at radius 2 is 1.36 bits per heavy atom. The fourth-order valence-electron chi connectivity index (χ4n) is 8.60. The number of rotatable bonds is 10. The summed E-state index contributed by atoms with van der Waals surface area (Å²) in [5, 5.41) is 25.1.